The number of carbonyl (C=O) groups is 1. The van der Waals surface area contributed by atoms with Crippen LogP contribution in [0.2, 0.25) is 0 Å². The first-order valence-corrected chi connectivity index (χ1v) is 7.85. The molecule has 1 aromatic heterocycles. The number of hydrogen-bond donors (Lipinski definition) is 0. The minimum Gasteiger partial charge on any atom is -0.490 e. The summed E-state index contributed by atoms with van der Waals surface area (Å²) in [5.41, 5.74) is 2.43. The lowest BCUT2D eigenvalue weighted by atomic mass is 10.1. The van der Waals surface area contributed by atoms with Crippen molar-refractivity contribution in [2.24, 2.45) is 0 Å². The van der Waals surface area contributed by atoms with Crippen molar-refractivity contribution in [3.63, 3.8) is 0 Å². The smallest absolute Gasteiger partial charge is 0.279 e. The molecular weight excluding hydrogens is 321 g/mol. The summed E-state index contributed by atoms with van der Waals surface area (Å²) in [6.45, 7) is 0.867. The summed E-state index contributed by atoms with van der Waals surface area (Å²) in [4.78, 5) is 14.5. The maximum atomic E-state index is 13.1. The molecular formula is C19H14FN3O2. The van der Waals surface area contributed by atoms with Crippen molar-refractivity contribution in [2.75, 3.05) is 18.1 Å². The Balaban J connectivity index is 1.68. The van der Waals surface area contributed by atoms with E-state index in [-0.39, 0.29) is 17.4 Å². The van der Waals surface area contributed by atoms with Crippen LogP contribution in [0.1, 0.15) is 10.5 Å². The molecule has 1 amide bonds. The third-order valence-electron chi connectivity index (χ3n) is 4.02. The highest BCUT2D eigenvalue weighted by Crippen LogP contribution is 2.32. The summed E-state index contributed by atoms with van der Waals surface area (Å²) in [6.07, 6.45) is 1.55. The number of para-hydroxylation sites is 2. The summed E-state index contributed by atoms with van der Waals surface area (Å²) in [5.74, 6) is 0.115. The third-order valence-corrected chi connectivity index (χ3v) is 4.02. The maximum Gasteiger partial charge on any atom is 0.279 e. The average Bonchev–Trinajstić information content (AvgIpc) is 2.68. The molecule has 25 heavy (non-hydrogen) atoms. The van der Waals surface area contributed by atoms with Gasteiger partial charge in [0.2, 0.25) is 0 Å². The summed E-state index contributed by atoms with van der Waals surface area (Å²) >= 11 is 0. The van der Waals surface area contributed by atoms with Crippen molar-refractivity contribution >= 4 is 11.6 Å². The minimum atomic E-state index is -0.313. The molecule has 2 heterocycles. The predicted octanol–water partition coefficient (Wildman–Crippen LogP) is 3.32. The summed E-state index contributed by atoms with van der Waals surface area (Å²) < 4.78 is 18.7. The number of hydrogen-bond acceptors (Lipinski definition) is 4. The Labute approximate surface area is 143 Å². The van der Waals surface area contributed by atoms with Gasteiger partial charge in [-0.2, -0.15) is 5.10 Å². The fraction of sp³-hybridized carbons (Fsp3) is 0.105. The normalized spacial score (nSPS) is 13.1. The number of fused-ring (bicyclic) bond motifs is 1. The zero-order valence-electron chi connectivity index (χ0n) is 13.2. The van der Waals surface area contributed by atoms with Gasteiger partial charge in [0.25, 0.3) is 5.91 Å². The minimum absolute atomic E-state index is 0.235. The Morgan fingerprint density at radius 3 is 2.72 bits per heavy atom. The van der Waals surface area contributed by atoms with E-state index < -0.39 is 0 Å². The Bertz CT molecular complexity index is 928. The second-order valence-corrected chi connectivity index (χ2v) is 5.61. The fourth-order valence-electron chi connectivity index (χ4n) is 2.79. The zero-order valence-corrected chi connectivity index (χ0v) is 13.2. The largest absolute Gasteiger partial charge is 0.490 e. The van der Waals surface area contributed by atoms with E-state index in [4.69, 9.17) is 4.74 Å². The molecule has 0 fully saturated rings. The maximum absolute atomic E-state index is 13.1. The molecule has 0 aliphatic carbocycles. The highest BCUT2D eigenvalue weighted by Gasteiger charge is 2.25. The second kappa shape index (κ2) is 6.32. The molecule has 0 N–H and O–H groups in total. The van der Waals surface area contributed by atoms with E-state index in [2.05, 4.69) is 10.2 Å². The van der Waals surface area contributed by atoms with Crippen LogP contribution >= 0.6 is 0 Å². The highest BCUT2D eigenvalue weighted by molar-refractivity contribution is 6.06. The van der Waals surface area contributed by atoms with Gasteiger partial charge in [-0.3, -0.25) is 4.79 Å². The van der Waals surface area contributed by atoms with Crippen LogP contribution in [0.15, 0.2) is 60.8 Å². The molecule has 0 unspecified atom stereocenters. The lowest BCUT2D eigenvalue weighted by molar-refractivity contribution is 0.0971. The molecule has 0 spiro atoms. The van der Waals surface area contributed by atoms with E-state index >= 15 is 0 Å². The SMILES string of the molecule is O=C(c1cc(-c2ccc(F)cc2)cnn1)N1CCOc2ccccc21. The van der Waals surface area contributed by atoms with Gasteiger partial charge in [-0.1, -0.05) is 24.3 Å². The number of rotatable bonds is 2. The predicted molar refractivity (Wildman–Crippen MR) is 91.0 cm³/mol. The van der Waals surface area contributed by atoms with E-state index in [0.29, 0.717) is 30.2 Å². The highest BCUT2D eigenvalue weighted by atomic mass is 19.1. The Morgan fingerprint density at radius 2 is 1.88 bits per heavy atom. The van der Waals surface area contributed by atoms with Gasteiger partial charge >= 0.3 is 0 Å². The zero-order chi connectivity index (χ0) is 17.2. The van der Waals surface area contributed by atoms with E-state index in [1.807, 2.05) is 24.3 Å². The molecule has 0 radical (unpaired) electrons. The molecule has 1 aliphatic heterocycles. The van der Waals surface area contributed by atoms with Gasteiger partial charge in [-0.25, -0.2) is 4.39 Å². The van der Waals surface area contributed by atoms with Gasteiger partial charge in [0.15, 0.2) is 5.69 Å². The number of halogens is 1. The molecule has 0 atom stereocenters. The van der Waals surface area contributed by atoms with Crippen LogP contribution in [0.5, 0.6) is 5.75 Å². The first kappa shape index (κ1) is 15.3. The second-order valence-electron chi connectivity index (χ2n) is 5.61. The van der Waals surface area contributed by atoms with Crippen molar-refractivity contribution in [1.29, 1.82) is 0 Å². The van der Waals surface area contributed by atoms with Crippen molar-refractivity contribution in [2.45, 2.75) is 0 Å². The summed E-state index contributed by atoms with van der Waals surface area (Å²) in [5, 5.41) is 7.91. The van der Waals surface area contributed by atoms with Gasteiger partial charge in [-0.05, 0) is 35.9 Å². The van der Waals surface area contributed by atoms with Crippen LogP contribution in [0.25, 0.3) is 11.1 Å². The van der Waals surface area contributed by atoms with Gasteiger partial charge in [-0.15, -0.1) is 5.10 Å². The molecule has 0 bridgehead atoms. The first-order chi connectivity index (χ1) is 12.2. The summed E-state index contributed by atoms with van der Waals surface area (Å²) in [6, 6.07) is 15.1. The van der Waals surface area contributed by atoms with Gasteiger partial charge in [0.05, 0.1) is 18.4 Å². The fourth-order valence-corrected chi connectivity index (χ4v) is 2.79. The Kier molecular flexibility index (Phi) is 3.85. The van der Waals surface area contributed by atoms with Crippen molar-refractivity contribution < 1.29 is 13.9 Å². The first-order valence-electron chi connectivity index (χ1n) is 7.85. The molecule has 5 nitrogen and oxygen atoms in total. The molecule has 0 saturated carbocycles. The molecule has 0 saturated heterocycles. The van der Waals surface area contributed by atoms with E-state index in [1.165, 1.54) is 12.1 Å². The molecule has 3 aromatic rings. The topological polar surface area (TPSA) is 55.3 Å². The van der Waals surface area contributed by atoms with Crippen molar-refractivity contribution in [3.05, 3.63) is 72.3 Å². The van der Waals surface area contributed by atoms with E-state index in [1.54, 1.807) is 29.3 Å². The standard InChI is InChI=1S/C19H14FN3O2/c20-15-7-5-13(6-8-15)14-11-16(22-21-12-14)19(24)23-9-10-25-18-4-2-1-3-17(18)23/h1-8,11-12H,9-10H2. The van der Waals surface area contributed by atoms with Crippen molar-refractivity contribution in [3.8, 4) is 16.9 Å². The third kappa shape index (κ3) is 2.94. The van der Waals surface area contributed by atoms with Crippen LogP contribution < -0.4 is 9.64 Å². The van der Waals surface area contributed by atoms with Crippen LogP contribution in [0, 0.1) is 5.82 Å². The number of benzene rings is 2. The van der Waals surface area contributed by atoms with Crippen molar-refractivity contribution in [1.82, 2.24) is 10.2 Å². The number of aromatic nitrogens is 2. The van der Waals surface area contributed by atoms with E-state index in [9.17, 15) is 9.18 Å². The molecule has 124 valence electrons. The van der Waals surface area contributed by atoms with Crippen LogP contribution in [0.4, 0.5) is 10.1 Å². The number of anilines is 1. The lowest BCUT2D eigenvalue weighted by Gasteiger charge is -2.29. The van der Waals surface area contributed by atoms with Crippen LogP contribution in [-0.2, 0) is 0 Å². The summed E-state index contributed by atoms with van der Waals surface area (Å²) in [7, 11) is 0. The lowest BCUT2D eigenvalue weighted by Crippen LogP contribution is -2.38. The van der Waals surface area contributed by atoms with Gasteiger partial charge in [0.1, 0.15) is 18.2 Å². The molecule has 4 rings (SSSR count). The molecule has 6 heteroatoms. The monoisotopic (exact) mass is 335 g/mol. The van der Waals surface area contributed by atoms with Gasteiger partial charge in [0, 0.05) is 5.56 Å². The van der Waals surface area contributed by atoms with Crippen LogP contribution in [0.3, 0.4) is 0 Å². The Hall–Kier alpha value is -3.28. The number of carbonyl (C=O) groups excluding carboxylic acids is 1. The number of amides is 1. The number of nitrogens with zero attached hydrogens (tertiary/aromatic N) is 3. The Morgan fingerprint density at radius 1 is 1.08 bits per heavy atom. The van der Waals surface area contributed by atoms with Gasteiger partial charge < -0.3 is 9.64 Å². The van der Waals surface area contributed by atoms with Crippen LogP contribution in [-0.4, -0.2) is 29.3 Å². The number of ether oxygens (including phenoxy) is 1. The molecule has 1 aliphatic rings. The molecule has 2 aromatic carbocycles. The van der Waals surface area contributed by atoms with E-state index in [0.717, 1.165) is 5.56 Å². The average molecular weight is 335 g/mol. The quantitative estimate of drug-likeness (QED) is 0.721.